The Morgan fingerprint density at radius 2 is 1.86 bits per heavy atom. The van der Waals surface area contributed by atoms with Gasteiger partial charge in [-0.15, -0.1) is 0 Å². The van der Waals surface area contributed by atoms with Crippen LogP contribution >= 0.6 is 15.9 Å². The molecule has 1 aliphatic rings. The Kier molecular flexibility index (Phi) is 8.21. The number of carboxylic acids is 1. The maximum atomic E-state index is 15.3. The van der Waals surface area contributed by atoms with E-state index in [4.69, 9.17) is 4.74 Å². The standard InChI is InChI=1S/C26H29BrFN5O4/c1-15(2)33(25(34)18-6-4-16(3)5-7-18)22-12-21(28)23(11-19(22)26(35)36)37-24-20(27)10-17(13-29-24)14-32-30-8-9-31-32/h8-13,15-16,18H,4-7,14H2,1-3H3,(H,35,36)/t16-,18-. The summed E-state index contributed by atoms with van der Waals surface area (Å²) in [6.07, 6.45) is 8.02. The number of nitrogens with zero attached hydrogens (tertiary/aromatic N) is 5. The first-order valence-corrected chi connectivity index (χ1v) is 13.0. The highest BCUT2D eigenvalue weighted by molar-refractivity contribution is 9.10. The minimum Gasteiger partial charge on any atom is -0.478 e. The number of hydrogen-bond acceptors (Lipinski definition) is 6. The molecule has 0 atom stereocenters. The summed E-state index contributed by atoms with van der Waals surface area (Å²) in [7, 11) is 0. The van der Waals surface area contributed by atoms with Crippen LogP contribution in [0.25, 0.3) is 0 Å². The number of rotatable bonds is 8. The predicted molar refractivity (Wildman–Crippen MR) is 138 cm³/mol. The first-order chi connectivity index (χ1) is 17.6. The van der Waals surface area contributed by atoms with Crippen LogP contribution in [0.5, 0.6) is 11.6 Å². The normalized spacial score (nSPS) is 17.6. The van der Waals surface area contributed by atoms with Crippen molar-refractivity contribution in [2.75, 3.05) is 4.90 Å². The topological polar surface area (TPSA) is 110 Å². The van der Waals surface area contributed by atoms with E-state index in [-0.39, 0.29) is 40.7 Å². The van der Waals surface area contributed by atoms with Crippen molar-refractivity contribution >= 4 is 33.5 Å². The van der Waals surface area contributed by atoms with Crippen molar-refractivity contribution < 1.29 is 23.8 Å². The number of aromatic carboxylic acids is 1. The lowest BCUT2D eigenvalue weighted by Gasteiger charge is -2.34. The molecule has 0 radical (unpaired) electrons. The number of halogens is 2. The summed E-state index contributed by atoms with van der Waals surface area (Å²) in [5.41, 5.74) is 0.575. The smallest absolute Gasteiger partial charge is 0.337 e. The highest BCUT2D eigenvalue weighted by Gasteiger charge is 2.33. The van der Waals surface area contributed by atoms with Crippen LogP contribution in [0.2, 0.25) is 0 Å². The highest BCUT2D eigenvalue weighted by atomic mass is 79.9. The van der Waals surface area contributed by atoms with Crippen LogP contribution in [-0.4, -0.2) is 43.0 Å². The molecule has 1 aliphatic carbocycles. The highest BCUT2D eigenvalue weighted by Crippen LogP contribution is 2.37. The van der Waals surface area contributed by atoms with Gasteiger partial charge in [-0.3, -0.25) is 4.79 Å². The third-order valence-corrected chi connectivity index (χ3v) is 7.09. The SMILES string of the molecule is CC(C)N(c1cc(F)c(Oc2ncc(Cn3nccn3)cc2Br)cc1C(=O)O)C(=O)[C@H]1CC[C@H](C)CC1. The van der Waals surface area contributed by atoms with Crippen molar-refractivity contribution in [3.63, 3.8) is 0 Å². The maximum absolute atomic E-state index is 15.3. The molecule has 0 saturated heterocycles. The molecule has 0 unspecified atom stereocenters. The van der Waals surface area contributed by atoms with Crippen molar-refractivity contribution in [3.8, 4) is 11.6 Å². The molecule has 9 nitrogen and oxygen atoms in total. The zero-order chi connectivity index (χ0) is 26.7. The van der Waals surface area contributed by atoms with Gasteiger partial charge in [0.2, 0.25) is 11.8 Å². The third-order valence-electron chi connectivity index (χ3n) is 6.52. The van der Waals surface area contributed by atoms with Gasteiger partial charge in [0.25, 0.3) is 0 Å². The van der Waals surface area contributed by atoms with E-state index in [0.29, 0.717) is 16.9 Å². The van der Waals surface area contributed by atoms with Crippen LogP contribution in [0, 0.1) is 17.7 Å². The number of anilines is 1. The van der Waals surface area contributed by atoms with E-state index in [9.17, 15) is 14.7 Å². The second-order valence-corrected chi connectivity index (χ2v) is 10.5. The molecule has 1 fully saturated rings. The molecule has 2 heterocycles. The minimum atomic E-state index is -1.29. The van der Waals surface area contributed by atoms with E-state index in [2.05, 4.69) is 38.0 Å². The van der Waals surface area contributed by atoms with Crippen molar-refractivity contribution in [3.05, 3.63) is 58.2 Å². The van der Waals surface area contributed by atoms with Gasteiger partial charge in [0.1, 0.15) is 0 Å². The average molecular weight is 574 g/mol. The lowest BCUT2D eigenvalue weighted by atomic mass is 9.82. The zero-order valence-corrected chi connectivity index (χ0v) is 22.5. The largest absolute Gasteiger partial charge is 0.478 e. The number of carboxylic acid groups (broad SMARTS) is 1. The van der Waals surface area contributed by atoms with Gasteiger partial charge in [0.05, 0.1) is 34.7 Å². The van der Waals surface area contributed by atoms with Crippen molar-refractivity contribution in [2.45, 2.75) is 59.0 Å². The van der Waals surface area contributed by atoms with Crippen LogP contribution in [-0.2, 0) is 11.3 Å². The van der Waals surface area contributed by atoms with E-state index >= 15 is 4.39 Å². The molecule has 0 spiro atoms. The van der Waals surface area contributed by atoms with Crippen LogP contribution < -0.4 is 9.64 Å². The lowest BCUT2D eigenvalue weighted by molar-refractivity contribution is -0.123. The molecule has 37 heavy (non-hydrogen) atoms. The number of amides is 1. The Balaban J connectivity index is 1.62. The van der Waals surface area contributed by atoms with E-state index in [0.717, 1.165) is 43.4 Å². The second kappa shape index (κ2) is 11.4. The van der Waals surface area contributed by atoms with E-state index < -0.39 is 11.8 Å². The molecular formula is C26H29BrFN5O4. The lowest BCUT2D eigenvalue weighted by Crippen LogP contribution is -2.43. The fourth-order valence-corrected chi connectivity index (χ4v) is 5.04. The van der Waals surface area contributed by atoms with Gasteiger partial charge in [0, 0.05) is 30.3 Å². The van der Waals surface area contributed by atoms with E-state index in [1.165, 1.54) is 15.9 Å². The Hall–Kier alpha value is -3.34. The fourth-order valence-electron chi connectivity index (χ4n) is 4.57. The molecule has 196 valence electrons. The Morgan fingerprint density at radius 1 is 1.19 bits per heavy atom. The molecule has 1 amide bonds. The first-order valence-electron chi connectivity index (χ1n) is 12.2. The zero-order valence-electron chi connectivity index (χ0n) is 20.9. The van der Waals surface area contributed by atoms with Crippen LogP contribution in [0.1, 0.15) is 62.4 Å². The predicted octanol–water partition coefficient (Wildman–Crippen LogP) is 5.68. The summed E-state index contributed by atoms with van der Waals surface area (Å²) in [5.74, 6) is -2.16. The summed E-state index contributed by atoms with van der Waals surface area (Å²) >= 11 is 3.38. The van der Waals surface area contributed by atoms with Gasteiger partial charge in [0.15, 0.2) is 11.6 Å². The Bertz CT molecular complexity index is 1280. The van der Waals surface area contributed by atoms with Crippen LogP contribution in [0.15, 0.2) is 41.3 Å². The number of aromatic nitrogens is 4. The van der Waals surface area contributed by atoms with Crippen LogP contribution in [0.4, 0.5) is 10.1 Å². The van der Waals surface area contributed by atoms with Crippen LogP contribution in [0.3, 0.4) is 0 Å². The fraction of sp³-hybridized carbons (Fsp3) is 0.423. The molecule has 1 aromatic carbocycles. The van der Waals surface area contributed by atoms with Gasteiger partial charge < -0.3 is 14.7 Å². The van der Waals surface area contributed by atoms with Gasteiger partial charge in [-0.05, 0) is 73.0 Å². The quantitative estimate of drug-likeness (QED) is 0.369. The minimum absolute atomic E-state index is 0.0186. The molecule has 0 bridgehead atoms. The molecule has 2 aromatic heterocycles. The number of hydrogen-bond donors (Lipinski definition) is 1. The summed E-state index contributed by atoms with van der Waals surface area (Å²) in [6, 6.07) is 3.55. The van der Waals surface area contributed by atoms with E-state index in [1.54, 1.807) is 32.3 Å². The molecule has 1 saturated carbocycles. The maximum Gasteiger partial charge on any atom is 0.337 e. The second-order valence-electron chi connectivity index (χ2n) is 9.66. The van der Waals surface area contributed by atoms with Gasteiger partial charge in [-0.25, -0.2) is 14.2 Å². The average Bonchev–Trinajstić information content (AvgIpc) is 3.35. The number of carbonyl (C=O) groups is 2. The van der Waals surface area contributed by atoms with Crippen molar-refractivity contribution in [2.24, 2.45) is 11.8 Å². The van der Waals surface area contributed by atoms with Gasteiger partial charge in [-0.1, -0.05) is 6.92 Å². The number of carbonyl (C=O) groups excluding carboxylic acids is 1. The van der Waals surface area contributed by atoms with Crippen molar-refractivity contribution in [1.29, 1.82) is 0 Å². The molecule has 4 rings (SSSR count). The molecule has 11 heteroatoms. The molecule has 0 aliphatic heterocycles. The number of ether oxygens (including phenoxy) is 1. The Labute approximate surface area is 222 Å². The van der Waals surface area contributed by atoms with Gasteiger partial charge >= 0.3 is 5.97 Å². The third kappa shape index (κ3) is 6.15. The first kappa shape index (κ1) is 26.7. The van der Waals surface area contributed by atoms with E-state index in [1.807, 2.05) is 0 Å². The molecular weight excluding hydrogens is 545 g/mol. The number of benzene rings is 1. The summed E-state index contributed by atoms with van der Waals surface area (Å²) < 4.78 is 21.4. The molecule has 1 N–H and O–H groups in total. The Morgan fingerprint density at radius 3 is 2.46 bits per heavy atom. The monoisotopic (exact) mass is 573 g/mol. The van der Waals surface area contributed by atoms with Crippen molar-refractivity contribution in [1.82, 2.24) is 20.0 Å². The summed E-state index contributed by atoms with van der Waals surface area (Å²) in [5, 5.41) is 18.1. The molecule has 3 aromatic rings. The summed E-state index contributed by atoms with van der Waals surface area (Å²) in [6.45, 7) is 6.12. The number of pyridine rings is 1. The summed E-state index contributed by atoms with van der Waals surface area (Å²) in [4.78, 5) is 32.8. The van der Waals surface area contributed by atoms with Gasteiger partial charge in [-0.2, -0.15) is 15.0 Å².